The molecule has 25 heavy (non-hydrogen) atoms. The van der Waals surface area contributed by atoms with Crippen LogP contribution >= 0.6 is 0 Å². The first-order valence-corrected chi connectivity index (χ1v) is 9.27. The van der Waals surface area contributed by atoms with E-state index in [9.17, 15) is 14.4 Å². The molecule has 2 saturated heterocycles. The van der Waals surface area contributed by atoms with E-state index >= 15 is 0 Å². The molecule has 4 amide bonds. The van der Waals surface area contributed by atoms with Gasteiger partial charge < -0.3 is 26.0 Å². The summed E-state index contributed by atoms with van der Waals surface area (Å²) < 4.78 is 5.55. The van der Waals surface area contributed by atoms with Crippen molar-refractivity contribution in [3.05, 3.63) is 0 Å². The van der Waals surface area contributed by atoms with Crippen LogP contribution in [0.15, 0.2) is 0 Å². The fourth-order valence-corrected chi connectivity index (χ4v) is 5.68. The monoisotopic (exact) mass is 348 g/mol. The van der Waals surface area contributed by atoms with Gasteiger partial charge >= 0.3 is 12.1 Å². The second-order valence-electron chi connectivity index (χ2n) is 8.59. The zero-order valence-electron chi connectivity index (χ0n) is 14.1. The van der Waals surface area contributed by atoms with Gasteiger partial charge in [0.05, 0.1) is 18.6 Å². The molecule has 8 heteroatoms. The van der Waals surface area contributed by atoms with Crippen molar-refractivity contribution in [2.45, 2.75) is 55.7 Å². The normalized spacial score (nSPS) is 38.9. The number of fused-ring (bicyclic) bond motifs is 2. The van der Waals surface area contributed by atoms with Gasteiger partial charge in [0.1, 0.15) is 0 Å². The van der Waals surface area contributed by atoms with Crippen LogP contribution < -0.4 is 16.4 Å². The highest BCUT2D eigenvalue weighted by molar-refractivity contribution is 5.79. The molecule has 3 saturated carbocycles. The van der Waals surface area contributed by atoms with Gasteiger partial charge in [-0.2, -0.15) is 0 Å². The number of nitrogens with two attached hydrogens (primary N) is 1. The number of likely N-dealkylation sites (tertiary alicyclic amines) is 1. The highest BCUT2D eigenvalue weighted by Crippen LogP contribution is 2.52. The van der Waals surface area contributed by atoms with Crippen molar-refractivity contribution in [2.24, 2.45) is 23.5 Å². The minimum atomic E-state index is -0.535. The Labute approximate surface area is 145 Å². The maximum atomic E-state index is 12.5. The number of urea groups is 1. The Kier molecular flexibility index (Phi) is 2.93. The summed E-state index contributed by atoms with van der Waals surface area (Å²) in [7, 11) is 0. The summed E-state index contributed by atoms with van der Waals surface area (Å²) >= 11 is 0. The van der Waals surface area contributed by atoms with Crippen LogP contribution in [0.2, 0.25) is 0 Å². The number of primary amides is 1. The van der Waals surface area contributed by atoms with Crippen LogP contribution in [0.4, 0.5) is 9.59 Å². The molecule has 2 heterocycles. The van der Waals surface area contributed by atoms with Gasteiger partial charge in [-0.15, -0.1) is 0 Å². The topological polar surface area (TPSA) is 114 Å². The third kappa shape index (κ3) is 1.96. The van der Waals surface area contributed by atoms with Crippen LogP contribution in [-0.4, -0.2) is 53.2 Å². The van der Waals surface area contributed by atoms with E-state index in [0.29, 0.717) is 24.9 Å². The Balaban J connectivity index is 1.17. The number of amides is 4. The number of nitrogens with zero attached hydrogens (tertiary/aromatic N) is 1. The van der Waals surface area contributed by atoms with Crippen LogP contribution in [0, 0.1) is 17.8 Å². The van der Waals surface area contributed by atoms with Crippen LogP contribution in [0.5, 0.6) is 0 Å². The average Bonchev–Trinajstić information content (AvgIpc) is 2.97. The maximum absolute atomic E-state index is 12.5. The Morgan fingerprint density at radius 3 is 2.64 bits per heavy atom. The van der Waals surface area contributed by atoms with E-state index in [1.54, 1.807) is 4.90 Å². The van der Waals surface area contributed by atoms with E-state index in [1.807, 2.05) is 0 Å². The van der Waals surface area contributed by atoms with E-state index in [1.165, 1.54) is 0 Å². The van der Waals surface area contributed by atoms with Gasteiger partial charge in [0.2, 0.25) is 5.91 Å². The van der Waals surface area contributed by atoms with Crippen LogP contribution in [0.25, 0.3) is 0 Å². The fraction of sp³-hybridized carbons (Fsp3) is 0.824. The van der Waals surface area contributed by atoms with E-state index < -0.39 is 5.60 Å². The van der Waals surface area contributed by atoms with Crippen molar-refractivity contribution in [2.75, 3.05) is 13.1 Å². The number of alkyl carbamates (subject to hydrolysis) is 1. The standard InChI is InChI=1S/C17H24N4O4/c18-13(22)10-4-9-6-12(11(9)5-10)19-14(23)21-7-17(8-21)16(2-1-3-16)20-15(24)25-17/h9-12H,1-8H2,(H2,18,22)(H,19,23)(H,20,24). The highest BCUT2D eigenvalue weighted by atomic mass is 16.6. The predicted molar refractivity (Wildman–Crippen MR) is 86.3 cm³/mol. The van der Waals surface area contributed by atoms with Crippen molar-refractivity contribution in [1.29, 1.82) is 0 Å². The van der Waals surface area contributed by atoms with E-state index in [2.05, 4.69) is 10.6 Å². The Morgan fingerprint density at radius 1 is 1.24 bits per heavy atom. The molecule has 136 valence electrons. The fourth-order valence-electron chi connectivity index (χ4n) is 5.68. The molecule has 5 rings (SSSR count). The molecule has 8 nitrogen and oxygen atoms in total. The molecule has 0 radical (unpaired) electrons. The van der Waals surface area contributed by atoms with Gasteiger partial charge in [-0.1, -0.05) is 0 Å². The molecule has 4 unspecified atom stereocenters. The summed E-state index contributed by atoms with van der Waals surface area (Å²) in [6.45, 7) is 0.921. The summed E-state index contributed by atoms with van der Waals surface area (Å²) in [6, 6.07) is 0.0503. The number of carbonyl (C=O) groups is 3. The minimum Gasteiger partial charge on any atom is -0.437 e. The highest BCUT2D eigenvalue weighted by Gasteiger charge is 2.69. The number of carbonyl (C=O) groups excluding carboxylic acids is 3. The second kappa shape index (κ2) is 4.80. The molecule has 5 fully saturated rings. The lowest BCUT2D eigenvalue weighted by Crippen LogP contribution is -2.77. The number of hydrogen-bond donors (Lipinski definition) is 3. The molecular formula is C17H24N4O4. The van der Waals surface area contributed by atoms with Gasteiger partial charge in [-0.3, -0.25) is 4.79 Å². The van der Waals surface area contributed by atoms with Crippen molar-refractivity contribution in [1.82, 2.24) is 15.5 Å². The number of ether oxygens (including phenoxy) is 1. The number of rotatable bonds is 2. The van der Waals surface area contributed by atoms with Crippen molar-refractivity contribution in [3.8, 4) is 0 Å². The molecule has 0 aromatic rings. The van der Waals surface area contributed by atoms with E-state index in [0.717, 1.165) is 38.5 Å². The Hall–Kier alpha value is -1.99. The lowest BCUT2D eigenvalue weighted by molar-refractivity contribution is -0.121. The minimum absolute atomic E-state index is 0.0355. The molecule has 2 aliphatic heterocycles. The SMILES string of the molecule is NC(=O)C1CC2CC(NC(=O)N3CC4(C3)OC(=O)NC43CCC3)C2C1. The smallest absolute Gasteiger partial charge is 0.408 e. The van der Waals surface area contributed by atoms with Crippen LogP contribution in [0.3, 0.4) is 0 Å². The van der Waals surface area contributed by atoms with Gasteiger partial charge in [0, 0.05) is 12.0 Å². The first kappa shape index (κ1) is 15.3. The first-order chi connectivity index (χ1) is 11.9. The third-order valence-corrected chi connectivity index (χ3v) is 7.42. The van der Waals surface area contributed by atoms with Crippen LogP contribution in [0.1, 0.15) is 38.5 Å². The molecule has 0 aromatic carbocycles. The lowest BCUT2D eigenvalue weighted by atomic mass is 9.63. The van der Waals surface area contributed by atoms with Crippen molar-refractivity contribution < 1.29 is 19.1 Å². The van der Waals surface area contributed by atoms with Crippen molar-refractivity contribution >= 4 is 18.0 Å². The van der Waals surface area contributed by atoms with E-state index in [-0.39, 0.29) is 35.5 Å². The first-order valence-electron chi connectivity index (χ1n) is 9.27. The summed E-state index contributed by atoms with van der Waals surface area (Å²) in [5, 5.41) is 6.07. The maximum Gasteiger partial charge on any atom is 0.408 e. The second-order valence-corrected chi connectivity index (χ2v) is 8.59. The predicted octanol–water partition coefficient (Wildman–Crippen LogP) is 0.313. The quantitative estimate of drug-likeness (QED) is 0.666. The Bertz CT molecular complexity index is 655. The summed E-state index contributed by atoms with van der Waals surface area (Å²) in [6.07, 6.45) is 5.17. The lowest BCUT2D eigenvalue weighted by Gasteiger charge is -2.57. The molecule has 0 aromatic heterocycles. The molecule has 3 aliphatic carbocycles. The summed E-state index contributed by atoms with van der Waals surface area (Å²) in [4.78, 5) is 37.3. The zero-order valence-corrected chi connectivity index (χ0v) is 14.1. The van der Waals surface area contributed by atoms with Gasteiger partial charge in [0.25, 0.3) is 0 Å². The van der Waals surface area contributed by atoms with Gasteiger partial charge in [-0.05, 0) is 50.4 Å². The molecule has 0 bridgehead atoms. The summed E-state index contributed by atoms with van der Waals surface area (Å²) in [5.74, 6) is 0.640. The molecule has 5 aliphatic rings. The molecular weight excluding hydrogens is 324 g/mol. The molecule has 4 N–H and O–H groups in total. The van der Waals surface area contributed by atoms with Crippen molar-refractivity contribution in [3.63, 3.8) is 0 Å². The zero-order chi connectivity index (χ0) is 17.4. The third-order valence-electron chi connectivity index (χ3n) is 7.42. The summed E-state index contributed by atoms with van der Waals surface area (Å²) in [5.41, 5.74) is 4.62. The molecule has 2 spiro atoms. The average molecular weight is 348 g/mol. The number of nitrogens with one attached hydrogen (secondary N) is 2. The Morgan fingerprint density at radius 2 is 2.00 bits per heavy atom. The largest absolute Gasteiger partial charge is 0.437 e. The van der Waals surface area contributed by atoms with Gasteiger partial charge in [-0.25, -0.2) is 9.59 Å². The molecule has 4 atom stereocenters. The van der Waals surface area contributed by atoms with Gasteiger partial charge in [0.15, 0.2) is 5.60 Å². The van der Waals surface area contributed by atoms with E-state index in [4.69, 9.17) is 10.5 Å². The number of hydrogen-bond acceptors (Lipinski definition) is 4. The van der Waals surface area contributed by atoms with Crippen LogP contribution in [-0.2, 0) is 9.53 Å².